The largest absolute Gasteiger partial charge is 0.480 e. The van der Waals surface area contributed by atoms with Crippen molar-refractivity contribution in [2.75, 3.05) is 33.4 Å². The first kappa shape index (κ1) is 23.7. The van der Waals surface area contributed by atoms with E-state index in [1.165, 1.54) is 12.0 Å². The van der Waals surface area contributed by atoms with Gasteiger partial charge in [0.2, 0.25) is 5.91 Å². The number of likely N-dealkylation sites (tertiary alicyclic amines) is 1. The monoisotopic (exact) mass is 468 g/mol. The van der Waals surface area contributed by atoms with Gasteiger partial charge in [-0.25, -0.2) is 9.59 Å². The van der Waals surface area contributed by atoms with Gasteiger partial charge in [-0.15, -0.1) is 0 Å². The number of methoxy groups -OCH3 is 1. The Kier molecular flexibility index (Phi) is 7.14. The van der Waals surface area contributed by atoms with Crippen LogP contribution in [0.1, 0.15) is 24.0 Å². The molecular formula is C25H28N2O7. The number of alkyl carbamates (subject to hydrolysis) is 1. The number of benzene rings is 2. The molecule has 2 N–H and O–H groups in total. The molecule has 180 valence electrons. The second kappa shape index (κ2) is 10.2. The molecule has 2 atom stereocenters. The molecule has 1 aliphatic carbocycles. The summed E-state index contributed by atoms with van der Waals surface area (Å²) in [6.45, 7) is 1.92. The van der Waals surface area contributed by atoms with Gasteiger partial charge in [-0.3, -0.25) is 4.79 Å². The van der Waals surface area contributed by atoms with Gasteiger partial charge in [-0.2, -0.15) is 0 Å². The van der Waals surface area contributed by atoms with E-state index in [0.29, 0.717) is 0 Å². The Hall–Kier alpha value is -3.43. The van der Waals surface area contributed by atoms with E-state index >= 15 is 0 Å². The topological polar surface area (TPSA) is 114 Å². The summed E-state index contributed by atoms with van der Waals surface area (Å²) in [4.78, 5) is 37.7. The summed E-state index contributed by atoms with van der Waals surface area (Å²) in [6, 6.07) is 15.2. The molecule has 0 aromatic heterocycles. The van der Waals surface area contributed by atoms with Crippen LogP contribution in [0.2, 0.25) is 0 Å². The van der Waals surface area contributed by atoms with Gasteiger partial charge in [0.15, 0.2) is 0 Å². The van der Waals surface area contributed by atoms with Crippen molar-refractivity contribution >= 4 is 18.0 Å². The molecule has 2 aliphatic rings. The van der Waals surface area contributed by atoms with E-state index in [-0.39, 0.29) is 37.6 Å². The lowest BCUT2D eigenvalue weighted by Gasteiger charge is -2.41. The summed E-state index contributed by atoms with van der Waals surface area (Å²) >= 11 is 0. The summed E-state index contributed by atoms with van der Waals surface area (Å²) in [5.41, 5.74) is 4.46. The lowest BCUT2D eigenvalue weighted by molar-refractivity contribution is -0.157. The van der Waals surface area contributed by atoms with Crippen molar-refractivity contribution in [2.45, 2.75) is 31.1 Å². The first-order valence-electron chi connectivity index (χ1n) is 11.2. The highest BCUT2D eigenvalue weighted by molar-refractivity contribution is 5.87. The van der Waals surface area contributed by atoms with Crippen LogP contribution >= 0.6 is 0 Å². The number of aliphatic carboxylic acids is 1. The zero-order valence-electron chi connectivity index (χ0n) is 19.1. The zero-order chi connectivity index (χ0) is 24.2. The number of carbonyl (C=O) groups is 3. The molecule has 0 bridgehead atoms. The number of carboxylic acids is 1. The van der Waals surface area contributed by atoms with Crippen molar-refractivity contribution in [3.8, 4) is 11.1 Å². The molecule has 2 aromatic rings. The van der Waals surface area contributed by atoms with E-state index in [1.54, 1.807) is 6.92 Å². The SMILES string of the molecule is CO[C@H](C)[C@H](NC(=O)OCC1c2ccccc2-c2ccccc21)C(=O)N1CC(OCC(=O)O)C1. The van der Waals surface area contributed by atoms with Crippen LogP contribution in [0.15, 0.2) is 48.5 Å². The van der Waals surface area contributed by atoms with Crippen molar-refractivity contribution in [1.29, 1.82) is 0 Å². The highest BCUT2D eigenvalue weighted by Gasteiger charge is 2.39. The van der Waals surface area contributed by atoms with Crippen LogP contribution in [0.5, 0.6) is 0 Å². The van der Waals surface area contributed by atoms with Gasteiger partial charge in [0, 0.05) is 26.1 Å². The van der Waals surface area contributed by atoms with E-state index in [4.69, 9.17) is 19.3 Å². The predicted octanol–water partition coefficient (Wildman–Crippen LogP) is 2.24. The lowest BCUT2D eigenvalue weighted by atomic mass is 9.98. The Morgan fingerprint density at radius 3 is 2.21 bits per heavy atom. The average Bonchev–Trinajstić information content (AvgIpc) is 3.13. The number of nitrogens with zero attached hydrogens (tertiary/aromatic N) is 1. The summed E-state index contributed by atoms with van der Waals surface area (Å²) in [5, 5.41) is 11.3. The van der Waals surface area contributed by atoms with Crippen molar-refractivity contribution in [1.82, 2.24) is 10.2 Å². The van der Waals surface area contributed by atoms with Gasteiger partial charge >= 0.3 is 12.1 Å². The Morgan fingerprint density at radius 2 is 1.65 bits per heavy atom. The number of fused-ring (bicyclic) bond motifs is 3. The molecule has 9 heteroatoms. The van der Waals surface area contributed by atoms with E-state index in [9.17, 15) is 14.4 Å². The maximum atomic E-state index is 12.9. The summed E-state index contributed by atoms with van der Waals surface area (Å²) in [5.74, 6) is -1.49. The number of nitrogens with one attached hydrogen (secondary N) is 1. The van der Waals surface area contributed by atoms with Crippen LogP contribution in [-0.4, -0.2) is 79.6 Å². The van der Waals surface area contributed by atoms with E-state index < -0.39 is 30.8 Å². The Balaban J connectivity index is 1.36. The number of hydrogen-bond acceptors (Lipinski definition) is 6. The van der Waals surface area contributed by atoms with E-state index in [0.717, 1.165) is 22.3 Å². The van der Waals surface area contributed by atoms with Crippen LogP contribution in [-0.2, 0) is 23.8 Å². The zero-order valence-corrected chi connectivity index (χ0v) is 19.1. The summed E-state index contributed by atoms with van der Waals surface area (Å²) in [7, 11) is 1.46. The lowest BCUT2D eigenvalue weighted by Crippen LogP contribution is -2.62. The molecule has 1 fully saturated rings. The fourth-order valence-electron chi connectivity index (χ4n) is 4.39. The second-order valence-electron chi connectivity index (χ2n) is 8.46. The van der Waals surface area contributed by atoms with Gasteiger partial charge in [-0.1, -0.05) is 48.5 Å². The Bertz CT molecular complexity index is 1020. The summed E-state index contributed by atoms with van der Waals surface area (Å²) < 4.78 is 16.1. The van der Waals surface area contributed by atoms with Crippen molar-refractivity contribution in [3.05, 3.63) is 59.7 Å². The molecule has 1 heterocycles. The molecule has 9 nitrogen and oxygen atoms in total. The predicted molar refractivity (Wildman–Crippen MR) is 122 cm³/mol. The minimum Gasteiger partial charge on any atom is -0.480 e. The smallest absolute Gasteiger partial charge is 0.407 e. The van der Waals surface area contributed by atoms with Crippen LogP contribution in [0.4, 0.5) is 4.79 Å². The quantitative estimate of drug-likeness (QED) is 0.580. The molecular weight excluding hydrogens is 440 g/mol. The third-order valence-corrected chi connectivity index (χ3v) is 6.33. The fraction of sp³-hybridized carbons (Fsp3) is 0.400. The minimum atomic E-state index is -1.06. The maximum Gasteiger partial charge on any atom is 0.407 e. The molecule has 34 heavy (non-hydrogen) atoms. The van der Waals surface area contributed by atoms with Gasteiger partial charge < -0.3 is 29.5 Å². The van der Waals surface area contributed by atoms with Gasteiger partial charge in [0.1, 0.15) is 19.3 Å². The average molecular weight is 469 g/mol. The number of carbonyl (C=O) groups excluding carboxylic acids is 2. The molecule has 2 amide bonds. The highest BCUT2D eigenvalue weighted by Crippen LogP contribution is 2.44. The van der Waals surface area contributed by atoms with Crippen molar-refractivity contribution < 1.29 is 33.7 Å². The van der Waals surface area contributed by atoms with Crippen LogP contribution in [0.25, 0.3) is 11.1 Å². The normalized spacial score (nSPS) is 16.7. The first-order valence-corrected chi connectivity index (χ1v) is 11.2. The molecule has 0 radical (unpaired) electrons. The fourth-order valence-corrected chi connectivity index (χ4v) is 4.39. The third-order valence-electron chi connectivity index (χ3n) is 6.33. The standard InChI is InChI=1S/C25H28N2O7/c1-15(32-2)23(24(30)27-11-16(12-27)33-14-22(28)29)26-25(31)34-13-21-19-9-5-3-7-17(19)18-8-4-6-10-20(18)21/h3-10,15-16,21,23H,11-14H2,1-2H3,(H,26,31)(H,28,29)/t15-,23+/m1/s1. The third kappa shape index (κ3) is 4.90. The molecule has 2 aromatic carbocycles. The number of rotatable bonds is 9. The molecule has 0 unspecified atom stereocenters. The Labute approximate surface area is 197 Å². The number of hydrogen-bond donors (Lipinski definition) is 2. The van der Waals surface area contributed by atoms with Crippen molar-refractivity contribution in [2.24, 2.45) is 0 Å². The minimum absolute atomic E-state index is 0.0883. The first-order chi connectivity index (χ1) is 16.4. The molecule has 0 saturated carbocycles. The number of carboxylic acid groups (broad SMARTS) is 1. The number of amides is 2. The molecule has 1 saturated heterocycles. The number of ether oxygens (including phenoxy) is 3. The maximum absolute atomic E-state index is 12.9. The molecule has 4 rings (SSSR count). The molecule has 1 aliphatic heterocycles. The van der Waals surface area contributed by atoms with E-state index in [1.807, 2.05) is 36.4 Å². The van der Waals surface area contributed by atoms with E-state index in [2.05, 4.69) is 17.4 Å². The molecule has 0 spiro atoms. The van der Waals surface area contributed by atoms with Crippen LogP contribution in [0.3, 0.4) is 0 Å². The van der Waals surface area contributed by atoms with Crippen LogP contribution < -0.4 is 5.32 Å². The van der Waals surface area contributed by atoms with Gasteiger partial charge in [0.05, 0.1) is 12.2 Å². The van der Waals surface area contributed by atoms with Crippen molar-refractivity contribution in [3.63, 3.8) is 0 Å². The second-order valence-corrected chi connectivity index (χ2v) is 8.46. The summed E-state index contributed by atoms with van der Waals surface area (Å²) in [6.07, 6.45) is -1.64. The van der Waals surface area contributed by atoms with Gasteiger partial charge in [0.25, 0.3) is 0 Å². The highest BCUT2D eigenvalue weighted by atomic mass is 16.6. The van der Waals surface area contributed by atoms with Crippen LogP contribution in [0, 0.1) is 0 Å². The Morgan fingerprint density at radius 1 is 1.06 bits per heavy atom. The van der Waals surface area contributed by atoms with Gasteiger partial charge in [-0.05, 0) is 29.2 Å².